The van der Waals surface area contributed by atoms with Gasteiger partial charge in [0.05, 0.1) is 24.0 Å². The number of aliphatic hydroxyl groups is 2. The van der Waals surface area contributed by atoms with Crippen LogP contribution in [0.15, 0.2) is 36.4 Å². The van der Waals surface area contributed by atoms with Crippen LogP contribution in [0.25, 0.3) is 11.3 Å². The molecule has 1 atom stereocenters. The Labute approximate surface area is 169 Å². The van der Waals surface area contributed by atoms with Crippen molar-refractivity contribution in [2.75, 3.05) is 32.1 Å². The number of aliphatic hydroxyl groups excluding tert-OH is 2. The summed E-state index contributed by atoms with van der Waals surface area (Å²) < 4.78 is 5.89. The van der Waals surface area contributed by atoms with Gasteiger partial charge in [0.25, 0.3) is 5.91 Å². The van der Waals surface area contributed by atoms with E-state index in [9.17, 15) is 9.90 Å². The van der Waals surface area contributed by atoms with E-state index in [1.807, 2.05) is 48.3 Å². The maximum Gasteiger partial charge on any atom is 0.260 e. The van der Waals surface area contributed by atoms with Crippen molar-refractivity contribution in [3.8, 4) is 0 Å². The van der Waals surface area contributed by atoms with Crippen LogP contribution in [0.3, 0.4) is 0 Å². The van der Waals surface area contributed by atoms with Gasteiger partial charge in [0.1, 0.15) is 12.4 Å². The Morgan fingerprint density at radius 3 is 2.90 bits per heavy atom. The molecule has 1 amide bonds. The predicted molar refractivity (Wildman–Crippen MR) is 110 cm³/mol. The standard InChI is InChI=1S/C22H25N3O4/c1-25(11-15(27)12-26)10-4-5-14-8-9-17-19(23-14)13-29-21(17)20-16-6-2-3-7-18(16)24-22(20)28/h2-3,6-9,15,26-27H,4-5,10-13H2,1H3,(H,24,28)/b21-20+. The molecular formula is C22H25N3O4. The molecule has 0 aliphatic carbocycles. The number of ether oxygens (including phenoxy) is 1. The molecule has 0 fully saturated rings. The fourth-order valence-electron chi connectivity index (χ4n) is 3.81. The van der Waals surface area contributed by atoms with Crippen LogP contribution in [0, 0.1) is 0 Å². The Bertz CT molecular complexity index is 957. The third-order valence-electron chi connectivity index (χ3n) is 5.23. The van der Waals surface area contributed by atoms with Crippen molar-refractivity contribution in [2.24, 2.45) is 0 Å². The van der Waals surface area contributed by atoms with Crippen LogP contribution < -0.4 is 5.32 Å². The maximum absolute atomic E-state index is 12.5. The van der Waals surface area contributed by atoms with Gasteiger partial charge in [-0.3, -0.25) is 9.78 Å². The third-order valence-corrected chi connectivity index (χ3v) is 5.23. The smallest absolute Gasteiger partial charge is 0.260 e. The van der Waals surface area contributed by atoms with Gasteiger partial charge in [-0.25, -0.2) is 0 Å². The van der Waals surface area contributed by atoms with Gasteiger partial charge in [-0.2, -0.15) is 0 Å². The number of amides is 1. The van der Waals surface area contributed by atoms with Crippen LogP contribution in [0.1, 0.15) is 28.9 Å². The molecule has 0 radical (unpaired) electrons. The van der Waals surface area contributed by atoms with Crippen molar-refractivity contribution in [2.45, 2.75) is 25.6 Å². The predicted octanol–water partition coefficient (Wildman–Crippen LogP) is 1.65. The Hall–Kier alpha value is -2.74. The van der Waals surface area contributed by atoms with Crippen LogP contribution >= 0.6 is 0 Å². The molecule has 1 aromatic carbocycles. The lowest BCUT2D eigenvalue weighted by atomic mass is 10.0. The highest BCUT2D eigenvalue weighted by Crippen LogP contribution is 2.40. The van der Waals surface area contributed by atoms with Gasteiger partial charge in [0.15, 0.2) is 0 Å². The van der Waals surface area contributed by atoms with E-state index in [0.29, 0.717) is 24.5 Å². The van der Waals surface area contributed by atoms with Crippen molar-refractivity contribution in [3.63, 3.8) is 0 Å². The summed E-state index contributed by atoms with van der Waals surface area (Å²) in [6, 6.07) is 11.6. The molecule has 7 nitrogen and oxygen atoms in total. The fourth-order valence-corrected chi connectivity index (χ4v) is 3.81. The summed E-state index contributed by atoms with van der Waals surface area (Å²) in [5, 5.41) is 21.3. The number of aryl methyl sites for hydroxylation is 1. The van der Waals surface area contributed by atoms with Gasteiger partial charge < -0.3 is 25.2 Å². The van der Waals surface area contributed by atoms with E-state index in [4.69, 9.17) is 14.8 Å². The average molecular weight is 395 g/mol. The number of likely N-dealkylation sites (N-methyl/N-ethyl adjacent to an activating group) is 1. The molecule has 0 saturated heterocycles. The Kier molecular flexibility index (Phi) is 5.62. The lowest BCUT2D eigenvalue weighted by Gasteiger charge is -2.19. The van der Waals surface area contributed by atoms with E-state index in [1.165, 1.54) is 0 Å². The zero-order valence-electron chi connectivity index (χ0n) is 16.4. The van der Waals surface area contributed by atoms with E-state index in [2.05, 4.69) is 5.32 Å². The molecule has 1 aromatic heterocycles. The summed E-state index contributed by atoms with van der Waals surface area (Å²) in [6.07, 6.45) is 0.993. The number of rotatable bonds is 7. The van der Waals surface area contributed by atoms with Gasteiger partial charge in [-0.15, -0.1) is 0 Å². The molecule has 4 rings (SSSR count). The summed E-state index contributed by atoms with van der Waals surface area (Å²) in [5.74, 6) is 0.449. The van der Waals surface area contributed by atoms with Crippen molar-refractivity contribution in [3.05, 3.63) is 58.9 Å². The first kappa shape index (κ1) is 19.6. The van der Waals surface area contributed by atoms with E-state index >= 15 is 0 Å². The lowest BCUT2D eigenvalue weighted by molar-refractivity contribution is -0.110. The Morgan fingerprint density at radius 1 is 1.24 bits per heavy atom. The molecule has 2 aromatic rings. The molecule has 2 aliphatic rings. The summed E-state index contributed by atoms with van der Waals surface area (Å²) in [4.78, 5) is 19.2. The highest BCUT2D eigenvalue weighted by molar-refractivity contribution is 6.36. The Morgan fingerprint density at radius 2 is 2.07 bits per heavy atom. The summed E-state index contributed by atoms with van der Waals surface area (Å²) in [5.41, 5.74) is 4.93. The molecule has 29 heavy (non-hydrogen) atoms. The fraction of sp³-hybridized carbons (Fsp3) is 0.364. The number of fused-ring (bicyclic) bond motifs is 2. The second-order valence-electron chi connectivity index (χ2n) is 7.49. The van der Waals surface area contributed by atoms with Crippen LogP contribution in [0.2, 0.25) is 0 Å². The van der Waals surface area contributed by atoms with Gasteiger partial charge >= 0.3 is 0 Å². The Balaban J connectivity index is 1.47. The minimum absolute atomic E-state index is 0.147. The molecule has 3 heterocycles. The van der Waals surface area contributed by atoms with E-state index in [1.54, 1.807) is 0 Å². The molecule has 0 bridgehead atoms. The number of carbonyl (C=O) groups is 1. The topological polar surface area (TPSA) is 94.9 Å². The van der Waals surface area contributed by atoms with Gasteiger partial charge in [0.2, 0.25) is 0 Å². The quantitative estimate of drug-likeness (QED) is 0.617. The number of nitrogens with one attached hydrogen (secondary N) is 1. The SMILES string of the molecule is CN(CCCc1ccc2c(n1)CO/C2=C1/C(=O)Nc2ccccc21)CC(O)CO. The first-order valence-electron chi connectivity index (χ1n) is 9.81. The lowest BCUT2D eigenvalue weighted by Crippen LogP contribution is -2.32. The molecule has 7 heteroatoms. The first-order valence-corrected chi connectivity index (χ1v) is 9.81. The van der Waals surface area contributed by atoms with E-state index < -0.39 is 6.10 Å². The third kappa shape index (κ3) is 4.03. The molecular weight excluding hydrogens is 370 g/mol. The number of hydrogen-bond donors (Lipinski definition) is 3. The number of benzene rings is 1. The molecule has 2 aliphatic heterocycles. The molecule has 0 spiro atoms. The first-order chi connectivity index (χ1) is 14.1. The number of carbonyl (C=O) groups excluding carboxylic acids is 1. The molecule has 0 saturated carbocycles. The van der Waals surface area contributed by atoms with E-state index in [0.717, 1.165) is 47.6 Å². The van der Waals surface area contributed by atoms with Gasteiger partial charge in [-0.05, 0) is 44.6 Å². The van der Waals surface area contributed by atoms with Crippen LogP contribution in [0.5, 0.6) is 0 Å². The number of anilines is 1. The number of nitrogens with zero attached hydrogens (tertiary/aromatic N) is 2. The van der Waals surface area contributed by atoms with Crippen molar-refractivity contribution in [1.82, 2.24) is 9.88 Å². The number of pyridine rings is 1. The zero-order valence-corrected chi connectivity index (χ0v) is 16.4. The van der Waals surface area contributed by atoms with Crippen molar-refractivity contribution in [1.29, 1.82) is 0 Å². The maximum atomic E-state index is 12.5. The summed E-state index contributed by atoms with van der Waals surface area (Å²) >= 11 is 0. The van der Waals surface area contributed by atoms with Crippen LogP contribution in [-0.2, 0) is 22.6 Å². The molecule has 152 valence electrons. The van der Waals surface area contributed by atoms with E-state index in [-0.39, 0.29) is 12.5 Å². The monoisotopic (exact) mass is 395 g/mol. The van der Waals surface area contributed by atoms with Crippen molar-refractivity contribution >= 4 is 22.9 Å². The van der Waals surface area contributed by atoms with Crippen LogP contribution in [0.4, 0.5) is 5.69 Å². The van der Waals surface area contributed by atoms with Crippen LogP contribution in [-0.4, -0.2) is 58.9 Å². The summed E-state index contributed by atoms with van der Waals surface area (Å²) in [7, 11) is 1.92. The number of hydrogen-bond acceptors (Lipinski definition) is 6. The average Bonchev–Trinajstić information content (AvgIpc) is 3.26. The van der Waals surface area contributed by atoms with Gasteiger partial charge in [0, 0.05) is 29.1 Å². The van der Waals surface area contributed by atoms with Crippen molar-refractivity contribution < 1.29 is 19.7 Å². The van der Waals surface area contributed by atoms with Gasteiger partial charge in [-0.1, -0.05) is 18.2 Å². The normalized spacial score (nSPS) is 18.4. The largest absolute Gasteiger partial charge is 0.486 e. The highest BCUT2D eigenvalue weighted by atomic mass is 16.5. The number of para-hydroxylation sites is 1. The molecule has 3 N–H and O–H groups in total. The minimum Gasteiger partial charge on any atom is -0.486 e. The molecule has 1 unspecified atom stereocenters. The zero-order chi connectivity index (χ0) is 20.4. The highest BCUT2D eigenvalue weighted by Gasteiger charge is 2.32. The minimum atomic E-state index is -0.709. The second-order valence-corrected chi connectivity index (χ2v) is 7.49. The number of aromatic nitrogens is 1. The summed E-state index contributed by atoms with van der Waals surface area (Å²) in [6.45, 7) is 1.39. The second kappa shape index (κ2) is 8.32.